The lowest BCUT2D eigenvalue weighted by Crippen LogP contribution is -1.99. The van der Waals surface area contributed by atoms with Crippen molar-refractivity contribution in [3.05, 3.63) is 44.0 Å². The van der Waals surface area contributed by atoms with E-state index in [4.69, 9.17) is 17.3 Å². The Bertz CT molecular complexity index is 570. The smallest absolute Gasteiger partial charge is 0.0627 e. The molecular formula is C11H9BrClNOS2. The molecule has 2 aromatic rings. The molecule has 1 atom stereocenters. The largest absolute Gasteiger partial charge is 0.398 e. The molecule has 0 aliphatic heterocycles. The third kappa shape index (κ3) is 3.31. The van der Waals surface area contributed by atoms with Gasteiger partial charge in [0.05, 0.1) is 21.4 Å². The van der Waals surface area contributed by atoms with Crippen molar-refractivity contribution in [1.29, 1.82) is 0 Å². The maximum Gasteiger partial charge on any atom is 0.0627 e. The lowest BCUT2D eigenvalue weighted by molar-refractivity contribution is 0.683. The third-order valence-electron chi connectivity index (χ3n) is 2.11. The predicted molar refractivity (Wildman–Crippen MR) is 78.0 cm³/mol. The number of anilines is 1. The maximum atomic E-state index is 12.1. The molecule has 1 aromatic carbocycles. The minimum atomic E-state index is -1.13. The molecule has 0 fully saturated rings. The summed E-state index contributed by atoms with van der Waals surface area (Å²) in [5, 5.41) is 2.53. The first-order chi connectivity index (χ1) is 8.06. The van der Waals surface area contributed by atoms with Crippen LogP contribution in [-0.2, 0) is 16.6 Å². The summed E-state index contributed by atoms with van der Waals surface area (Å²) >= 11 is 10.7. The monoisotopic (exact) mass is 349 g/mol. The highest BCUT2D eigenvalue weighted by Crippen LogP contribution is 2.26. The van der Waals surface area contributed by atoms with Crippen LogP contribution in [0.25, 0.3) is 0 Å². The number of hydrogen-bond acceptors (Lipinski definition) is 3. The van der Waals surface area contributed by atoms with Crippen molar-refractivity contribution in [2.24, 2.45) is 0 Å². The van der Waals surface area contributed by atoms with Gasteiger partial charge in [-0.25, -0.2) is 0 Å². The normalized spacial score (nSPS) is 12.6. The number of hydrogen-bond donors (Lipinski definition) is 1. The molecular weight excluding hydrogens is 342 g/mol. The van der Waals surface area contributed by atoms with E-state index in [2.05, 4.69) is 15.9 Å². The lowest BCUT2D eigenvalue weighted by atomic mass is 10.3. The van der Waals surface area contributed by atoms with Gasteiger partial charge in [-0.05, 0) is 40.2 Å². The number of rotatable bonds is 3. The Hall–Kier alpha value is -0.360. The Balaban J connectivity index is 2.20. The molecule has 0 aliphatic carbocycles. The quantitative estimate of drug-likeness (QED) is 0.848. The van der Waals surface area contributed by atoms with Crippen molar-refractivity contribution in [3.8, 4) is 0 Å². The van der Waals surface area contributed by atoms with Gasteiger partial charge < -0.3 is 5.73 Å². The fourth-order valence-corrected chi connectivity index (χ4v) is 4.41. The molecule has 1 heterocycles. The van der Waals surface area contributed by atoms with Crippen LogP contribution in [0, 0.1) is 0 Å². The molecule has 0 saturated carbocycles. The molecule has 17 heavy (non-hydrogen) atoms. The van der Waals surface area contributed by atoms with Crippen LogP contribution in [0.4, 0.5) is 5.69 Å². The summed E-state index contributed by atoms with van der Waals surface area (Å²) in [4.78, 5) is 1.70. The zero-order valence-corrected chi connectivity index (χ0v) is 12.6. The van der Waals surface area contributed by atoms with Gasteiger partial charge in [0.25, 0.3) is 0 Å². The van der Waals surface area contributed by atoms with Gasteiger partial charge in [0.2, 0.25) is 0 Å². The lowest BCUT2D eigenvalue weighted by Gasteiger charge is -2.04. The van der Waals surface area contributed by atoms with Crippen molar-refractivity contribution in [1.82, 2.24) is 0 Å². The van der Waals surface area contributed by atoms with Crippen LogP contribution in [0.2, 0.25) is 5.02 Å². The van der Waals surface area contributed by atoms with Crippen LogP contribution in [0.3, 0.4) is 0 Å². The summed E-state index contributed by atoms with van der Waals surface area (Å²) in [6.45, 7) is 0. The minimum Gasteiger partial charge on any atom is -0.398 e. The minimum absolute atomic E-state index is 0.474. The molecule has 2 rings (SSSR count). The molecule has 1 aromatic heterocycles. The first-order valence-corrected chi connectivity index (χ1v) is 8.09. The average Bonchev–Trinajstić information content (AvgIpc) is 2.63. The molecule has 6 heteroatoms. The van der Waals surface area contributed by atoms with Crippen molar-refractivity contribution < 1.29 is 4.21 Å². The number of halogens is 2. The summed E-state index contributed by atoms with van der Waals surface area (Å²) < 4.78 is 13.1. The van der Waals surface area contributed by atoms with Crippen LogP contribution >= 0.6 is 38.9 Å². The highest BCUT2D eigenvalue weighted by atomic mass is 79.9. The van der Waals surface area contributed by atoms with Crippen LogP contribution in [0.1, 0.15) is 4.88 Å². The van der Waals surface area contributed by atoms with E-state index in [0.717, 1.165) is 9.35 Å². The first-order valence-electron chi connectivity index (χ1n) is 4.72. The van der Waals surface area contributed by atoms with Gasteiger partial charge in [0.1, 0.15) is 0 Å². The highest BCUT2D eigenvalue weighted by Gasteiger charge is 2.10. The van der Waals surface area contributed by atoms with Crippen LogP contribution in [0.15, 0.2) is 39.0 Å². The van der Waals surface area contributed by atoms with E-state index in [0.29, 0.717) is 21.4 Å². The number of thiophene rings is 1. The van der Waals surface area contributed by atoms with Gasteiger partial charge in [0.15, 0.2) is 0 Å². The fraction of sp³-hybridized carbons (Fsp3) is 0.0909. The van der Waals surface area contributed by atoms with Gasteiger partial charge in [-0.15, -0.1) is 11.3 Å². The average molecular weight is 351 g/mol. The van der Waals surface area contributed by atoms with Crippen molar-refractivity contribution in [3.63, 3.8) is 0 Å². The van der Waals surface area contributed by atoms with Gasteiger partial charge in [-0.1, -0.05) is 11.6 Å². The van der Waals surface area contributed by atoms with Crippen LogP contribution in [0.5, 0.6) is 0 Å². The molecule has 0 radical (unpaired) electrons. The second-order valence-corrected chi connectivity index (χ2v) is 7.17. The Morgan fingerprint density at radius 1 is 1.41 bits per heavy atom. The molecule has 0 spiro atoms. The summed E-state index contributed by atoms with van der Waals surface area (Å²) in [7, 11) is -1.13. The van der Waals surface area contributed by atoms with E-state index < -0.39 is 10.8 Å². The van der Waals surface area contributed by atoms with Gasteiger partial charge in [0, 0.05) is 25.4 Å². The van der Waals surface area contributed by atoms with Gasteiger partial charge >= 0.3 is 0 Å². The third-order valence-corrected chi connectivity index (χ3v) is 5.66. The van der Waals surface area contributed by atoms with Crippen LogP contribution < -0.4 is 5.73 Å². The van der Waals surface area contributed by atoms with E-state index in [1.807, 2.05) is 11.4 Å². The molecule has 2 nitrogen and oxygen atoms in total. The van der Waals surface area contributed by atoms with Gasteiger partial charge in [-0.2, -0.15) is 0 Å². The van der Waals surface area contributed by atoms with Crippen molar-refractivity contribution in [2.75, 3.05) is 5.73 Å². The molecule has 0 bridgehead atoms. The summed E-state index contributed by atoms with van der Waals surface area (Å²) in [6, 6.07) is 7.01. The van der Waals surface area contributed by atoms with E-state index in [-0.39, 0.29) is 0 Å². The Kier molecular flexibility index (Phi) is 4.25. The van der Waals surface area contributed by atoms with Crippen molar-refractivity contribution >= 4 is 55.4 Å². The number of benzene rings is 1. The zero-order valence-electron chi connectivity index (χ0n) is 8.65. The number of nitrogens with two attached hydrogens (primary N) is 1. The van der Waals surface area contributed by atoms with E-state index in [9.17, 15) is 4.21 Å². The summed E-state index contributed by atoms with van der Waals surface area (Å²) in [5.74, 6) is 0.474. The SMILES string of the molecule is Nc1cc(Cl)ccc1S(=O)Cc1cc(Br)cs1. The van der Waals surface area contributed by atoms with Gasteiger partial charge in [-0.3, -0.25) is 4.21 Å². The molecule has 0 saturated heterocycles. The summed E-state index contributed by atoms with van der Waals surface area (Å²) in [5.41, 5.74) is 6.28. The van der Waals surface area contributed by atoms with Crippen molar-refractivity contribution in [2.45, 2.75) is 10.6 Å². The topological polar surface area (TPSA) is 43.1 Å². The molecule has 2 N–H and O–H groups in total. The van der Waals surface area contributed by atoms with Crippen LogP contribution in [-0.4, -0.2) is 4.21 Å². The fourth-order valence-electron chi connectivity index (χ4n) is 1.36. The Morgan fingerprint density at radius 2 is 2.18 bits per heavy atom. The Labute approximate surface area is 119 Å². The molecule has 0 aliphatic rings. The maximum absolute atomic E-state index is 12.1. The predicted octanol–water partition coefficient (Wildman–Crippen LogP) is 4.05. The zero-order chi connectivity index (χ0) is 12.4. The summed E-state index contributed by atoms with van der Waals surface area (Å²) in [6.07, 6.45) is 0. The van der Waals surface area contributed by atoms with E-state index in [1.165, 1.54) is 0 Å². The highest BCUT2D eigenvalue weighted by molar-refractivity contribution is 9.10. The molecule has 1 unspecified atom stereocenters. The second kappa shape index (κ2) is 5.52. The first kappa shape index (κ1) is 13.1. The van der Waals surface area contributed by atoms with E-state index >= 15 is 0 Å². The number of nitrogen functional groups attached to an aromatic ring is 1. The second-order valence-electron chi connectivity index (χ2n) is 3.40. The van der Waals surface area contributed by atoms with E-state index in [1.54, 1.807) is 29.5 Å². The standard InChI is InChI=1S/C11H9BrClNOS2/c12-7-3-9(16-5-7)6-17(15)11-2-1-8(13)4-10(11)14/h1-5H,6,14H2. The molecule has 0 amide bonds. The molecule has 90 valence electrons. The Morgan fingerprint density at radius 3 is 2.76 bits per heavy atom.